The van der Waals surface area contributed by atoms with Gasteiger partial charge in [0.2, 0.25) is 5.91 Å². The number of alkyl halides is 1. The van der Waals surface area contributed by atoms with Crippen LogP contribution in [0.15, 0.2) is 0 Å². The number of nitrogens with one attached hydrogen (secondary N) is 1. The molecule has 0 aromatic rings. The fraction of sp³-hybridized carbons (Fsp3) is 0.833. The maximum atomic E-state index is 10.8. The van der Waals surface area contributed by atoms with Crippen molar-refractivity contribution in [1.82, 2.24) is 5.32 Å². The second kappa shape index (κ2) is 5.86. The number of amides is 1. The summed E-state index contributed by atoms with van der Waals surface area (Å²) in [6.07, 6.45) is 0. The van der Waals surface area contributed by atoms with Gasteiger partial charge in [0.15, 0.2) is 0 Å². The molecule has 0 fully saturated rings. The Morgan fingerprint density at radius 1 is 1.80 bits per heavy atom. The zero-order valence-electron chi connectivity index (χ0n) is 6.19. The van der Waals surface area contributed by atoms with E-state index < -0.39 is 0 Å². The van der Waals surface area contributed by atoms with Gasteiger partial charge in [-0.3, -0.25) is 4.79 Å². The molecule has 1 atom stereocenters. The van der Waals surface area contributed by atoms with Crippen molar-refractivity contribution in [3.63, 3.8) is 0 Å². The second-order valence-corrected chi connectivity index (χ2v) is 3.64. The standard InChI is InChI=1S/C6H12ClNOS/c1-5(6(9)8-2)10-4-3-7/h5H,3-4H2,1-2H3,(H,8,9)/t5-/m1/s1. The van der Waals surface area contributed by atoms with Gasteiger partial charge in [0.05, 0.1) is 5.25 Å². The van der Waals surface area contributed by atoms with Crippen molar-refractivity contribution in [3.8, 4) is 0 Å². The molecule has 0 aliphatic rings. The molecule has 0 saturated heterocycles. The SMILES string of the molecule is CNC(=O)[C@@H](C)SCCCl. The summed E-state index contributed by atoms with van der Waals surface area (Å²) >= 11 is 7.01. The highest BCUT2D eigenvalue weighted by Gasteiger charge is 2.09. The van der Waals surface area contributed by atoms with E-state index in [9.17, 15) is 4.79 Å². The highest BCUT2D eigenvalue weighted by atomic mass is 35.5. The number of thioether (sulfide) groups is 1. The van der Waals surface area contributed by atoms with Gasteiger partial charge in [-0.2, -0.15) is 0 Å². The topological polar surface area (TPSA) is 29.1 Å². The third-order valence-electron chi connectivity index (χ3n) is 1.06. The minimum Gasteiger partial charge on any atom is -0.358 e. The molecule has 0 aromatic carbocycles. The Balaban J connectivity index is 3.41. The molecule has 10 heavy (non-hydrogen) atoms. The third kappa shape index (κ3) is 4.01. The Labute approximate surface area is 70.7 Å². The van der Waals surface area contributed by atoms with E-state index >= 15 is 0 Å². The minimum atomic E-state index is 0.0174. The molecule has 0 spiro atoms. The van der Waals surface area contributed by atoms with Crippen LogP contribution in [0.1, 0.15) is 6.92 Å². The van der Waals surface area contributed by atoms with E-state index in [4.69, 9.17) is 11.6 Å². The van der Waals surface area contributed by atoms with E-state index in [-0.39, 0.29) is 11.2 Å². The highest BCUT2D eigenvalue weighted by molar-refractivity contribution is 8.00. The molecule has 0 heterocycles. The summed E-state index contributed by atoms with van der Waals surface area (Å²) in [5, 5.41) is 2.59. The lowest BCUT2D eigenvalue weighted by atomic mass is 10.4. The predicted octanol–water partition coefficient (Wildman–Crippen LogP) is 1.09. The lowest BCUT2D eigenvalue weighted by Crippen LogP contribution is -2.27. The van der Waals surface area contributed by atoms with E-state index in [2.05, 4.69) is 5.32 Å². The van der Waals surface area contributed by atoms with Crippen molar-refractivity contribution in [3.05, 3.63) is 0 Å². The molecule has 0 aliphatic carbocycles. The smallest absolute Gasteiger partial charge is 0.232 e. The van der Waals surface area contributed by atoms with Crippen LogP contribution in [0.3, 0.4) is 0 Å². The van der Waals surface area contributed by atoms with E-state index in [1.807, 2.05) is 6.92 Å². The summed E-state index contributed by atoms with van der Waals surface area (Å²) < 4.78 is 0. The molecule has 4 heteroatoms. The maximum absolute atomic E-state index is 10.8. The molecule has 0 saturated carbocycles. The summed E-state index contributed by atoms with van der Waals surface area (Å²) in [6.45, 7) is 1.87. The molecular weight excluding hydrogens is 170 g/mol. The molecule has 1 N–H and O–H groups in total. The highest BCUT2D eigenvalue weighted by Crippen LogP contribution is 2.09. The van der Waals surface area contributed by atoms with Gasteiger partial charge in [0.1, 0.15) is 0 Å². The van der Waals surface area contributed by atoms with Crippen molar-refractivity contribution in [1.29, 1.82) is 0 Å². The zero-order valence-corrected chi connectivity index (χ0v) is 7.76. The maximum Gasteiger partial charge on any atom is 0.232 e. The Morgan fingerprint density at radius 3 is 2.80 bits per heavy atom. The van der Waals surface area contributed by atoms with E-state index in [0.717, 1.165) is 5.75 Å². The Kier molecular flexibility index (Phi) is 5.93. The van der Waals surface area contributed by atoms with Crippen LogP contribution < -0.4 is 5.32 Å². The van der Waals surface area contributed by atoms with Crippen LogP contribution in [0.4, 0.5) is 0 Å². The van der Waals surface area contributed by atoms with Crippen molar-refractivity contribution in [2.45, 2.75) is 12.2 Å². The monoisotopic (exact) mass is 181 g/mol. The summed E-state index contributed by atoms with van der Waals surface area (Å²) in [6, 6.07) is 0. The van der Waals surface area contributed by atoms with Crippen LogP contribution in [0, 0.1) is 0 Å². The van der Waals surface area contributed by atoms with Crippen LogP contribution in [0.2, 0.25) is 0 Å². The first-order valence-corrected chi connectivity index (χ1v) is 4.70. The van der Waals surface area contributed by atoms with Crippen molar-refractivity contribution >= 4 is 29.3 Å². The molecule has 0 aliphatic heterocycles. The van der Waals surface area contributed by atoms with Gasteiger partial charge in [0.25, 0.3) is 0 Å². The van der Waals surface area contributed by atoms with Crippen LogP contribution >= 0.6 is 23.4 Å². The fourth-order valence-corrected chi connectivity index (χ4v) is 1.48. The summed E-state index contributed by atoms with van der Waals surface area (Å²) in [5.74, 6) is 1.50. The van der Waals surface area contributed by atoms with E-state index in [0.29, 0.717) is 5.88 Å². The molecule has 1 amide bonds. The third-order valence-corrected chi connectivity index (χ3v) is 2.63. The summed E-state index contributed by atoms with van der Waals surface area (Å²) in [5.41, 5.74) is 0. The van der Waals surface area contributed by atoms with Gasteiger partial charge in [-0.25, -0.2) is 0 Å². The first kappa shape index (κ1) is 10.1. The van der Waals surface area contributed by atoms with E-state index in [1.165, 1.54) is 0 Å². The largest absolute Gasteiger partial charge is 0.358 e. The number of carbonyl (C=O) groups excluding carboxylic acids is 1. The van der Waals surface area contributed by atoms with Crippen molar-refractivity contribution in [2.24, 2.45) is 0 Å². The molecule has 0 radical (unpaired) electrons. The van der Waals surface area contributed by atoms with Gasteiger partial charge in [-0.15, -0.1) is 23.4 Å². The van der Waals surface area contributed by atoms with Crippen molar-refractivity contribution < 1.29 is 4.79 Å². The molecule has 2 nitrogen and oxygen atoms in total. The number of hydrogen-bond donors (Lipinski definition) is 1. The lowest BCUT2D eigenvalue weighted by molar-refractivity contribution is -0.119. The van der Waals surface area contributed by atoms with Crippen LogP contribution in [-0.2, 0) is 4.79 Å². The second-order valence-electron chi connectivity index (χ2n) is 1.82. The lowest BCUT2D eigenvalue weighted by Gasteiger charge is -2.06. The Bertz CT molecular complexity index is 110. The average molecular weight is 182 g/mol. The normalized spacial score (nSPS) is 12.7. The van der Waals surface area contributed by atoms with E-state index in [1.54, 1.807) is 18.8 Å². The molecule has 0 unspecified atom stereocenters. The predicted molar refractivity (Wildman–Crippen MR) is 46.7 cm³/mol. The molecule has 0 aromatic heterocycles. The first-order valence-electron chi connectivity index (χ1n) is 3.11. The molecule has 0 bridgehead atoms. The minimum absolute atomic E-state index is 0.0174. The van der Waals surface area contributed by atoms with Crippen molar-refractivity contribution in [2.75, 3.05) is 18.7 Å². The Morgan fingerprint density at radius 2 is 2.40 bits per heavy atom. The van der Waals surface area contributed by atoms with Gasteiger partial charge in [-0.05, 0) is 6.92 Å². The van der Waals surface area contributed by atoms with Crippen LogP contribution in [0.5, 0.6) is 0 Å². The van der Waals surface area contributed by atoms with Gasteiger partial charge in [-0.1, -0.05) is 0 Å². The number of carbonyl (C=O) groups is 1. The quantitative estimate of drug-likeness (QED) is 0.659. The van der Waals surface area contributed by atoms with Crippen LogP contribution in [0.25, 0.3) is 0 Å². The zero-order chi connectivity index (χ0) is 7.98. The van der Waals surface area contributed by atoms with Crippen LogP contribution in [-0.4, -0.2) is 29.8 Å². The number of rotatable bonds is 4. The molecule has 60 valence electrons. The van der Waals surface area contributed by atoms with Gasteiger partial charge in [0, 0.05) is 18.7 Å². The average Bonchev–Trinajstić information content (AvgIpc) is 1.98. The van der Waals surface area contributed by atoms with Gasteiger partial charge >= 0.3 is 0 Å². The fourth-order valence-electron chi connectivity index (χ4n) is 0.500. The molecular formula is C6H12ClNOS. The summed E-state index contributed by atoms with van der Waals surface area (Å²) in [4.78, 5) is 10.8. The molecule has 0 rings (SSSR count). The van der Waals surface area contributed by atoms with Gasteiger partial charge < -0.3 is 5.32 Å². The number of halogens is 1. The Hall–Kier alpha value is 0.110. The first-order chi connectivity index (χ1) is 4.72. The number of hydrogen-bond acceptors (Lipinski definition) is 2. The summed E-state index contributed by atoms with van der Waals surface area (Å²) in [7, 11) is 1.64.